The van der Waals surface area contributed by atoms with E-state index in [9.17, 15) is 8.42 Å². The van der Waals surface area contributed by atoms with E-state index in [-0.39, 0.29) is 12.6 Å². The van der Waals surface area contributed by atoms with Gasteiger partial charge in [-0.15, -0.1) is 0 Å². The van der Waals surface area contributed by atoms with Crippen LogP contribution in [0.1, 0.15) is 19.4 Å². The van der Waals surface area contributed by atoms with E-state index >= 15 is 0 Å². The van der Waals surface area contributed by atoms with Crippen LogP contribution in [0.3, 0.4) is 0 Å². The summed E-state index contributed by atoms with van der Waals surface area (Å²) in [7, 11) is -2.00. The van der Waals surface area contributed by atoms with Crippen LogP contribution in [0.5, 0.6) is 0 Å². The van der Waals surface area contributed by atoms with Gasteiger partial charge in [-0.3, -0.25) is 0 Å². The Bertz CT molecular complexity index is 684. The monoisotopic (exact) mass is 310 g/mol. The van der Waals surface area contributed by atoms with Gasteiger partial charge in [0.25, 0.3) is 10.2 Å². The van der Waals surface area contributed by atoms with Gasteiger partial charge in [0.05, 0.1) is 0 Å². The minimum absolute atomic E-state index is 0.119. The normalized spacial score (nSPS) is 12.2. The molecular formula is C12H18N6O2S. The molecule has 0 radical (unpaired) electrons. The van der Waals surface area contributed by atoms with Crippen LogP contribution in [0.15, 0.2) is 31.0 Å². The van der Waals surface area contributed by atoms with Crippen LogP contribution >= 0.6 is 0 Å². The predicted octanol–water partition coefficient (Wildman–Crippen LogP) is 0.337. The molecule has 2 aromatic rings. The zero-order chi connectivity index (χ0) is 15.5. The molecular weight excluding hydrogens is 292 g/mol. The third-order valence-electron chi connectivity index (χ3n) is 3.05. The summed E-state index contributed by atoms with van der Waals surface area (Å²) in [6.07, 6.45) is 4.53. The predicted molar refractivity (Wildman–Crippen MR) is 77.8 cm³/mol. The molecule has 2 heterocycles. The van der Waals surface area contributed by atoms with Gasteiger partial charge in [0.15, 0.2) is 5.82 Å². The molecule has 1 N–H and O–H groups in total. The van der Waals surface area contributed by atoms with E-state index in [0.717, 1.165) is 0 Å². The molecule has 0 spiro atoms. The maximum absolute atomic E-state index is 12.1. The third kappa shape index (κ3) is 3.63. The summed E-state index contributed by atoms with van der Waals surface area (Å²) < 4.78 is 29.5. The molecule has 0 saturated carbocycles. The quantitative estimate of drug-likeness (QED) is 0.830. The van der Waals surface area contributed by atoms with Crippen LogP contribution in [0, 0.1) is 0 Å². The molecule has 0 amide bonds. The van der Waals surface area contributed by atoms with E-state index in [4.69, 9.17) is 0 Å². The number of rotatable bonds is 6. The highest BCUT2D eigenvalue weighted by Crippen LogP contribution is 2.10. The molecule has 0 saturated heterocycles. The second kappa shape index (κ2) is 6.29. The van der Waals surface area contributed by atoms with Crippen molar-refractivity contribution in [1.29, 1.82) is 0 Å². The molecule has 0 aliphatic heterocycles. The number of hydrogen-bond acceptors (Lipinski definition) is 5. The average Bonchev–Trinajstić information content (AvgIpc) is 2.98. The first-order chi connectivity index (χ1) is 9.92. The summed E-state index contributed by atoms with van der Waals surface area (Å²) in [6, 6.07) is 3.42. The molecule has 2 rings (SSSR count). The molecule has 21 heavy (non-hydrogen) atoms. The van der Waals surface area contributed by atoms with E-state index in [0.29, 0.717) is 11.4 Å². The van der Waals surface area contributed by atoms with Crippen molar-refractivity contribution in [2.75, 3.05) is 7.05 Å². The molecule has 0 aromatic carbocycles. The Labute approximate surface area is 124 Å². The second-order valence-electron chi connectivity index (χ2n) is 4.76. The molecule has 0 atom stereocenters. The number of hydrogen-bond donors (Lipinski definition) is 1. The highest BCUT2D eigenvalue weighted by atomic mass is 32.2. The smallest absolute Gasteiger partial charge is 0.237 e. The van der Waals surface area contributed by atoms with Gasteiger partial charge in [-0.05, 0) is 19.9 Å². The van der Waals surface area contributed by atoms with Crippen molar-refractivity contribution in [1.82, 2.24) is 28.8 Å². The van der Waals surface area contributed by atoms with Gasteiger partial charge in [0.1, 0.15) is 12.7 Å². The maximum Gasteiger partial charge on any atom is 0.279 e. The van der Waals surface area contributed by atoms with E-state index in [1.54, 1.807) is 18.3 Å². The van der Waals surface area contributed by atoms with Crippen molar-refractivity contribution in [3.63, 3.8) is 0 Å². The van der Waals surface area contributed by atoms with Crippen molar-refractivity contribution in [3.05, 3.63) is 36.5 Å². The molecule has 0 unspecified atom stereocenters. The summed E-state index contributed by atoms with van der Waals surface area (Å²) >= 11 is 0. The van der Waals surface area contributed by atoms with Crippen LogP contribution in [0.4, 0.5) is 0 Å². The summed E-state index contributed by atoms with van der Waals surface area (Å²) in [5.41, 5.74) is 0.712. The summed E-state index contributed by atoms with van der Waals surface area (Å²) in [4.78, 5) is 8.08. The van der Waals surface area contributed by atoms with Crippen LogP contribution in [0.25, 0.3) is 5.82 Å². The van der Waals surface area contributed by atoms with Crippen molar-refractivity contribution in [3.8, 4) is 5.82 Å². The van der Waals surface area contributed by atoms with Gasteiger partial charge in [-0.1, -0.05) is 6.07 Å². The van der Waals surface area contributed by atoms with Crippen LogP contribution in [-0.4, -0.2) is 45.6 Å². The minimum atomic E-state index is -3.53. The molecule has 0 aliphatic rings. The van der Waals surface area contributed by atoms with Gasteiger partial charge >= 0.3 is 0 Å². The van der Waals surface area contributed by atoms with Crippen molar-refractivity contribution >= 4 is 10.2 Å². The average molecular weight is 310 g/mol. The lowest BCUT2D eigenvalue weighted by atomic mass is 10.2. The molecule has 8 nitrogen and oxygen atoms in total. The highest BCUT2D eigenvalue weighted by molar-refractivity contribution is 7.87. The Morgan fingerprint density at radius 2 is 2.19 bits per heavy atom. The van der Waals surface area contributed by atoms with Gasteiger partial charge < -0.3 is 0 Å². The van der Waals surface area contributed by atoms with E-state index < -0.39 is 10.2 Å². The fourth-order valence-corrected chi connectivity index (χ4v) is 2.74. The number of nitrogens with zero attached hydrogens (tertiary/aromatic N) is 5. The van der Waals surface area contributed by atoms with Gasteiger partial charge in [-0.25, -0.2) is 14.6 Å². The molecule has 114 valence electrons. The zero-order valence-corrected chi connectivity index (χ0v) is 12.9. The Morgan fingerprint density at radius 1 is 1.43 bits per heavy atom. The zero-order valence-electron chi connectivity index (χ0n) is 12.1. The number of pyridine rings is 1. The number of aromatic nitrogens is 4. The summed E-state index contributed by atoms with van der Waals surface area (Å²) in [5, 5.41) is 4.01. The van der Waals surface area contributed by atoms with E-state index in [2.05, 4.69) is 19.8 Å². The Balaban J connectivity index is 2.18. The number of nitrogens with one attached hydrogen (secondary N) is 1. The van der Waals surface area contributed by atoms with Gasteiger partial charge in [0.2, 0.25) is 0 Å². The maximum atomic E-state index is 12.1. The molecule has 0 aliphatic carbocycles. The fraction of sp³-hybridized carbons (Fsp3) is 0.417. The van der Waals surface area contributed by atoms with Crippen LogP contribution < -0.4 is 4.72 Å². The SMILES string of the molecule is CC(C)N(C)S(=O)(=O)NCc1cccnc1-n1cncn1. The third-order valence-corrected chi connectivity index (χ3v) is 4.74. The summed E-state index contributed by atoms with van der Waals surface area (Å²) in [5.74, 6) is 0.546. The molecule has 0 bridgehead atoms. The highest BCUT2D eigenvalue weighted by Gasteiger charge is 2.20. The first-order valence-corrected chi connectivity index (χ1v) is 7.87. The molecule has 9 heteroatoms. The van der Waals surface area contributed by atoms with Gasteiger partial charge in [-0.2, -0.15) is 22.5 Å². The van der Waals surface area contributed by atoms with Crippen molar-refractivity contribution in [2.45, 2.75) is 26.4 Å². The molecule has 0 fully saturated rings. The van der Waals surface area contributed by atoms with Crippen LogP contribution in [-0.2, 0) is 16.8 Å². The Hall–Kier alpha value is -1.84. The Morgan fingerprint density at radius 3 is 2.81 bits per heavy atom. The Kier molecular flexibility index (Phi) is 4.66. The van der Waals surface area contributed by atoms with E-state index in [1.807, 2.05) is 13.8 Å². The molecule has 2 aromatic heterocycles. The minimum Gasteiger partial charge on any atom is -0.237 e. The summed E-state index contributed by atoms with van der Waals surface area (Å²) in [6.45, 7) is 3.75. The lowest BCUT2D eigenvalue weighted by Gasteiger charge is -2.21. The van der Waals surface area contributed by atoms with E-state index in [1.165, 1.54) is 28.7 Å². The largest absolute Gasteiger partial charge is 0.279 e. The second-order valence-corrected chi connectivity index (χ2v) is 6.58. The standard InChI is InChI=1S/C12H18N6O2S/c1-10(2)17(3)21(19,20)16-7-11-5-4-6-14-12(11)18-9-13-8-15-18/h4-6,8-10,16H,7H2,1-3H3. The first kappa shape index (κ1) is 15.5. The van der Waals surface area contributed by atoms with Crippen molar-refractivity contribution < 1.29 is 8.42 Å². The van der Waals surface area contributed by atoms with Gasteiger partial charge in [0, 0.05) is 31.4 Å². The van der Waals surface area contributed by atoms with Crippen molar-refractivity contribution in [2.24, 2.45) is 0 Å². The first-order valence-electron chi connectivity index (χ1n) is 6.43. The fourth-order valence-electron chi connectivity index (χ4n) is 1.64. The topological polar surface area (TPSA) is 93.0 Å². The lowest BCUT2D eigenvalue weighted by Crippen LogP contribution is -2.41. The van der Waals surface area contributed by atoms with Crippen LogP contribution in [0.2, 0.25) is 0 Å². The lowest BCUT2D eigenvalue weighted by molar-refractivity contribution is 0.402.